The van der Waals surface area contributed by atoms with E-state index in [0.29, 0.717) is 57.1 Å². The molecule has 1 saturated carbocycles. The van der Waals surface area contributed by atoms with Gasteiger partial charge in [-0.25, -0.2) is 0 Å². The summed E-state index contributed by atoms with van der Waals surface area (Å²) in [6, 6.07) is 11.4. The number of allylic oxidation sites excluding steroid dienone is 2. The monoisotopic (exact) mass is 731 g/mol. The van der Waals surface area contributed by atoms with Crippen molar-refractivity contribution in [1.29, 1.82) is 0 Å². The van der Waals surface area contributed by atoms with Gasteiger partial charge in [0.05, 0.1) is 35.0 Å². The fourth-order valence-electron chi connectivity index (χ4n) is 8.10. The van der Waals surface area contributed by atoms with Gasteiger partial charge < -0.3 is 24.8 Å². The van der Waals surface area contributed by atoms with E-state index in [9.17, 15) is 38.4 Å². The van der Waals surface area contributed by atoms with Gasteiger partial charge in [-0.2, -0.15) is 13.2 Å². The number of carbonyl (C=O) groups is 1. The average Bonchev–Trinajstić information content (AvgIpc) is 3.66. The van der Waals surface area contributed by atoms with E-state index in [0.717, 1.165) is 41.3 Å². The molecule has 1 fully saturated rings. The van der Waals surface area contributed by atoms with Crippen LogP contribution in [-0.2, 0) is 12.6 Å². The Morgan fingerprint density at radius 3 is 2.59 bits per heavy atom. The van der Waals surface area contributed by atoms with Gasteiger partial charge in [-0.05, 0) is 118 Å². The minimum absolute atomic E-state index is 0.0109. The number of benzene rings is 2. The van der Waals surface area contributed by atoms with Crippen LogP contribution >= 0.6 is 11.6 Å². The number of hydrogen-bond donors (Lipinski definition) is 4. The SMILES string of the molecule is CCCN(C[C@H](O)CO)C[C@]1(O)CC[C@H]2c3ccc(cc3C(=O)c3ccc(-c4cc(C(F)(F)F)ccc4Cl)o3)C[C@@H](O)CCC(C)=CCC[C@@]21C. The second kappa shape index (κ2) is 15.9. The van der Waals surface area contributed by atoms with Crippen molar-refractivity contribution in [2.24, 2.45) is 5.41 Å². The van der Waals surface area contributed by atoms with Crippen LogP contribution in [0.1, 0.15) is 104 Å². The molecule has 0 saturated heterocycles. The summed E-state index contributed by atoms with van der Waals surface area (Å²) in [6.07, 6.45) is 0.624. The summed E-state index contributed by atoms with van der Waals surface area (Å²) in [5.41, 5.74) is 0.177. The Kier molecular flexibility index (Phi) is 12.3. The zero-order chi connectivity index (χ0) is 37.1. The molecule has 0 spiro atoms. The number of aliphatic hydroxyl groups is 4. The number of furan rings is 1. The topological polar surface area (TPSA) is 114 Å². The molecule has 4 N–H and O–H groups in total. The lowest BCUT2D eigenvalue weighted by atomic mass is 9.64. The molecule has 6 rings (SSSR count). The summed E-state index contributed by atoms with van der Waals surface area (Å²) >= 11 is 6.29. The minimum atomic E-state index is -4.60. The lowest BCUT2D eigenvalue weighted by molar-refractivity contribution is -0.137. The van der Waals surface area contributed by atoms with Gasteiger partial charge >= 0.3 is 6.18 Å². The van der Waals surface area contributed by atoms with Gasteiger partial charge in [0, 0.05) is 29.6 Å². The van der Waals surface area contributed by atoms with Gasteiger partial charge in [-0.3, -0.25) is 9.69 Å². The van der Waals surface area contributed by atoms with Crippen molar-refractivity contribution in [3.05, 3.63) is 93.2 Å². The number of hydrogen-bond acceptors (Lipinski definition) is 7. The number of aliphatic hydroxyl groups excluding tert-OH is 3. The van der Waals surface area contributed by atoms with E-state index in [-0.39, 0.29) is 47.7 Å². The van der Waals surface area contributed by atoms with E-state index in [1.165, 1.54) is 12.1 Å². The molecule has 51 heavy (non-hydrogen) atoms. The highest BCUT2D eigenvalue weighted by Gasteiger charge is 2.57. The number of ketones is 1. The van der Waals surface area contributed by atoms with Crippen LogP contribution in [0.4, 0.5) is 13.2 Å². The molecule has 1 aromatic heterocycles. The summed E-state index contributed by atoms with van der Waals surface area (Å²) in [6.45, 7) is 6.87. The zero-order valence-corrected chi connectivity index (χ0v) is 30.2. The van der Waals surface area contributed by atoms with Crippen LogP contribution < -0.4 is 0 Å². The molecule has 3 aliphatic rings. The van der Waals surface area contributed by atoms with E-state index < -0.39 is 40.7 Å². The Morgan fingerprint density at radius 1 is 1.12 bits per heavy atom. The Labute approximate surface area is 302 Å². The summed E-state index contributed by atoms with van der Waals surface area (Å²) in [5.74, 6) is -0.780. The second-order valence-corrected chi connectivity index (χ2v) is 15.1. The van der Waals surface area contributed by atoms with E-state index in [4.69, 9.17) is 16.0 Å². The van der Waals surface area contributed by atoms with Crippen LogP contribution in [0.25, 0.3) is 11.3 Å². The smallest absolute Gasteiger partial charge is 0.416 e. The van der Waals surface area contributed by atoms with E-state index >= 15 is 0 Å². The molecule has 7 nitrogen and oxygen atoms in total. The standard InChI is InChI=1S/C40H49ClF3NO6/c1-4-18-45(22-29(48)23-46)24-39(50)17-15-33-30-11-8-26(19-28(47)10-7-25(2)6-5-16-38(33,39)3)20-31(30)37(49)36-14-13-35(51-36)32-21-27(40(42,43)44)9-12-34(32)41/h6,8-9,11-14,20-21,28-29,33,46-48,50H,4-5,7,10,15-19,22-24H2,1-3H3/t28-,29-,33-,38-,39+/m0/s1. The van der Waals surface area contributed by atoms with E-state index in [1.807, 2.05) is 30.9 Å². The number of halogens is 4. The molecule has 2 bridgehead atoms. The Morgan fingerprint density at radius 2 is 1.88 bits per heavy atom. The number of carbonyl (C=O) groups excluding carboxylic acids is 1. The van der Waals surface area contributed by atoms with Crippen LogP contribution in [0.5, 0.6) is 0 Å². The molecule has 3 aromatic rings. The minimum Gasteiger partial charge on any atom is -0.453 e. The number of nitrogens with zero attached hydrogens (tertiary/aromatic N) is 1. The molecule has 0 unspecified atom stereocenters. The molecule has 0 aliphatic heterocycles. The summed E-state index contributed by atoms with van der Waals surface area (Å²) in [4.78, 5) is 16.4. The van der Waals surface area contributed by atoms with E-state index in [2.05, 4.69) is 13.0 Å². The third-order valence-corrected chi connectivity index (χ3v) is 11.3. The normalized spacial score (nSPS) is 25.1. The maximum atomic E-state index is 14.4. The molecular weight excluding hydrogens is 683 g/mol. The van der Waals surface area contributed by atoms with E-state index in [1.54, 1.807) is 6.07 Å². The molecule has 2 aromatic carbocycles. The largest absolute Gasteiger partial charge is 0.453 e. The van der Waals surface area contributed by atoms with Gasteiger partial charge in [0.15, 0.2) is 5.76 Å². The van der Waals surface area contributed by atoms with Gasteiger partial charge in [-0.15, -0.1) is 0 Å². The molecular formula is C40H49ClF3NO6. The first-order valence-corrected chi connectivity index (χ1v) is 18.2. The Balaban J connectivity index is 1.59. The molecule has 3 aliphatic carbocycles. The molecule has 11 heteroatoms. The maximum Gasteiger partial charge on any atom is 0.416 e. The highest BCUT2D eigenvalue weighted by molar-refractivity contribution is 6.33. The van der Waals surface area contributed by atoms with Crippen molar-refractivity contribution < 1.29 is 42.8 Å². The molecule has 278 valence electrons. The zero-order valence-electron chi connectivity index (χ0n) is 29.5. The second-order valence-electron chi connectivity index (χ2n) is 14.7. The fourth-order valence-corrected chi connectivity index (χ4v) is 8.31. The van der Waals surface area contributed by atoms with Crippen molar-refractivity contribution >= 4 is 17.4 Å². The lowest BCUT2D eigenvalue weighted by Crippen LogP contribution is -2.54. The van der Waals surface area contributed by atoms with Crippen LogP contribution in [0.3, 0.4) is 0 Å². The number of fused-ring (bicyclic) bond motifs is 8. The van der Waals surface area contributed by atoms with Crippen molar-refractivity contribution in [3.63, 3.8) is 0 Å². The van der Waals surface area contributed by atoms with Crippen LogP contribution in [-0.4, -0.2) is 75.2 Å². The number of rotatable bonds is 10. The number of alkyl halides is 3. The predicted molar refractivity (Wildman–Crippen MR) is 191 cm³/mol. The molecule has 5 atom stereocenters. The fraction of sp³-hybridized carbons (Fsp3) is 0.525. The highest BCUT2D eigenvalue weighted by atomic mass is 35.5. The van der Waals surface area contributed by atoms with Crippen molar-refractivity contribution in [2.45, 2.75) is 102 Å². The summed E-state index contributed by atoms with van der Waals surface area (Å²) in [7, 11) is 0. The van der Waals surface area contributed by atoms with Crippen LogP contribution in [0.15, 0.2) is 64.6 Å². The van der Waals surface area contributed by atoms with Gasteiger partial charge in [0.25, 0.3) is 0 Å². The van der Waals surface area contributed by atoms with Gasteiger partial charge in [0.1, 0.15) is 5.76 Å². The van der Waals surface area contributed by atoms with Crippen molar-refractivity contribution in [3.8, 4) is 11.3 Å². The Bertz CT molecular complexity index is 1720. The first-order chi connectivity index (χ1) is 24.1. The van der Waals surface area contributed by atoms with Gasteiger partial charge in [0.2, 0.25) is 5.78 Å². The van der Waals surface area contributed by atoms with Crippen LogP contribution in [0, 0.1) is 5.41 Å². The summed E-state index contributed by atoms with van der Waals surface area (Å²) in [5, 5.41) is 43.5. The maximum absolute atomic E-state index is 14.4. The third-order valence-electron chi connectivity index (χ3n) is 11.0. The average molecular weight is 732 g/mol. The van der Waals surface area contributed by atoms with Gasteiger partial charge in [-0.1, -0.05) is 49.2 Å². The van der Waals surface area contributed by atoms with Crippen molar-refractivity contribution in [1.82, 2.24) is 4.90 Å². The van der Waals surface area contributed by atoms with Crippen LogP contribution in [0.2, 0.25) is 5.02 Å². The molecule has 0 radical (unpaired) electrons. The Hall–Kier alpha value is -2.99. The highest BCUT2D eigenvalue weighted by Crippen LogP contribution is 2.59. The molecule has 0 amide bonds. The summed E-state index contributed by atoms with van der Waals surface area (Å²) < 4.78 is 46.5. The first kappa shape index (κ1) is 39.2. The van der Waals surface area contributed by atoms with Crippen molar-refractivity contribution in [2.75, 3.05) is 26.2 Å². The first-order valence-electron chi connectivity index (χ1n) is 17.8. The lowest BCUT2D eigenvalue weighted by Gasteiger charge is -2.46. The third kappa shape index (κ3) is 8.64. The molecule has 1 heterocycles. The quantitative estimate of drug-likeness (QED) is 0.124. The predicted octanol–water partition coefficient (Wildman–Crippen LogP) is 7.95.